The van der Waals surface area contributed by atoms with Crippen molar-refractivity contribution in [2.24, 2.45) is 11.7 Å². The molecule has 0 aromatic rings. The van der Waals surface area contributed by atoms with Gasteiger partial charge in [-0.1, -0.05) is 13.3 Å². The third-order valence-corrected chi connectivity index (χ3v) is 1.97. The van der Waals surface area contributed by atoms with E-state index in [4.69, 9.17) is 11.0 Å². The van der Waals surface area contributed by atoms with Crippen molar-refractivity contribution >= 4 is 5.91 Å². The van der Waals surface area contributed by atoms with E-state index in [2.05, 4.69) is 0 Å². The molecule has 0 bridgehead atoms. The van der Waals surface area contributed by atoms with Crippen LogP contribution in [0.15, 0.2) is 0 Å². The molecule has 12 heavy (non-hydrogen) atoms. The Labute approximate surface area is 72.0 Å². The lowest BCUT2D eigenvalue weighted by Gasteiger charge is -2.25. The lowest BCUT2D eigenvalue weighted by atomic mass is 9.85. The Bertz CT molecular complexity index is 210. The molecule has 0 spiro atoms. The van der Waals surface area contributed by atoms with E-state index in [-0.39, 0.29) is 6.42 Å². The molecule has 68 valence electrons. The van der Waals surface area contributed by atoms with Gasteiger partial charge in [-0.2, -0.15) is 5.26 Å². The fourth-order valence-corrected chi connectivity index (χ4v) is 1.04. The number of nitrogens with zero attached hydrogens (tertiary/aromatic N) is 1. The molecule has 4 nitrogen and oxygen atoms in total. The topological polar surface area (TPSA) is 87.1 Å². The number of nitrogens with two attached hydrogens (primary N) is 1. The molecule has 0 fully saturated rings. The van der Waals surface area contributed by atoms with Crippen molar-refractivity contribution in [2.75, 3.05) is 0 Å². The molecule has 0 saturated carbocycles. The Morgan fingerprint density at radius 2 is 2.33 bits per heavy atom. The van der Waals surface area contributed by atoms with Crippen LogP contribution in [0.3, 0.4) is 0 Å². The number of rotatable bonds is 4. The first kappa shape index (κ1) is 10.9. The fraction of sp³-hybridized carbons (Fsp3) is 0.750. The summed E-state index contributed by atoms with van der Waals surface area (Å²) in [7, 11) is 0. The van der Waals surface area contributed by atoms with E-state index < -0.39 is 17.4 Å². The van der Waals surface area contributed by atoms with Crippen LogP contribution in [0.25, 0.3) is 0 Å². The van der Waals surface area contributed by atoms with Crippen molar-refractivity contribution in [1.82, 2.24) is 0 Å². The molecule has 0 aromatic heterocycles. The Hall–Kier alpha value is -1.08. The summed E-state index contributed by atoms with van der Waals surface area (Å²) in [5.41, 5.74) is 3.33. The molecule has 0 saturated heterocycles. The van der Waals surface area contributed by atoms with Crippen LogP contribution in [-0.2, 0) is 4.79 Å². The van der Waals surface area contributed by atoms with E-state index in [0.717, 1.165) is 0 Å². The van der Waals surface area contributed by atoms with Gasteiger partial charge in [-0.25, -0.2) is 0 Å². The van der Waals surface area contributed by atoms with Gasteiger partial charge >= 0.3 is 0 Å². The predicted octanol–water partition coefficient (Wildman–Crippen LogP) is 0.163. The highest BCUT2D eigenvalue weighted by atomic mass is 16.3. The normalized spacial score (nSPS) is 17.5. The van der Waals surface area contributed by atoms with Crippen molar-refractivity contribution in [3.63, 3.8) is 0 Å². The standard InChI is InChI=1S/C8H14N2O2/c1-3-4-8(12,7(10)11)6(2)5-9/h6,12H,3-4H2,1-2H3,(H2,10,11)/t6?,8-/m1/s1. The van der Waals surface area contributed by atoms with Gasteiger partial charge in [0, 0.05) is 0 Å². The van der Waals surface area contributed by atoms with Crippen LogP contribution in [-0.4, -0.2) is 16.6 Å². The molecule has 0 aliphatic carbocycles. The van der Waals surface area contributed by atoms with Crippen LogP contribution in [0.1, 0.15) is 26.7 Å². The van der Waals surface area contributed by atoms with Crippen LogP contribution >= 0.6 is 0 Å². The average Bonchev–Trinajstić information content (AvgIpc) is 2.03. The molecule has 4 heteroatoms. The number of amides is 1. The first-order valence-electron chi connectivity index (χ1n) is 3.91. The molecular formula is C8H14N2O2. The third kappa shape index (κ3) is 1.95. The Morgan fingerprint density at radius 1 is 1.83 bits per heavy atom. The molecule has 0 rings (SSSR count). The van der Waals surface area contributed by atoms with Crippen LogP contribution in [0.5, 0.6) is 0 Å². The molecule has 0 aromatic carbocycles. The molecule has 0 heterocycles. The largest absolute Gasteiger partial charge is 0.379 e. The monoisotopic (exact) mass is 170 g/mol. The summed E-state index contributed by atoms with van der Waals surface area (Å²) in [6.07, 6.45) is 0.850. The van der Waals surface area contributed by atoms with E-state index in [1.807, 2.05) is 13.0 Å². The highest BCUT2D eigenvalue weighted by Crippen LogP contribution is 2.21. The number of nitriles is 1. The highest BCUT2D eigenvalue weighted by molar-refractivity contribution is 5.83. The second kappa shape index (κ2) is 4.07. The van der Waals surface area contributed by atoms with Crippen molar-refractivity contribution in [2.45, 2.75) is 32.3 Å². The first-order valence-corrected chi connectivity index (χ1v) is 3.91. The van der Waals surface area contributed by atoms with Crippen LogP contribution in [0, 0.1) is 17.2 Å². The zero-order valence-electron chi connectivity index (χ0n) is 7.37. The van der Waals surface area contributed by atoms with Gasteiger partial charge in [0.2, 0.25) is 0 Å². The van der Waals surface area contributed by atoms with E-state index in [9.17, 15) is 9.90 Å². The van der Waals surface area contributed by atoms with Crippen molar-refractivity contribution in [1.29, 1.82) is 5.26 Å². The van der Waals surface area contributed by atoms with Crippen LogP contribution < -0.4 is 5.73 Å². The maximum Gasteiger partial charge on any atom is 0.250 e. The van der Waals surface area contributed by atoms with Crippen molar-refractivity contribution in [3.8, 4) is 6.07 Å². The van der Waals surface area contributed by atoms with Gasteiger partial charge in [0.05, 0.1) is 12.0 Å². The van der Waals surface area contributed by atoms with Crippen LogP contribution in [0.2, 0.25) is 0 Å². The molecule has 0 aliphatic rings. The summed E-state index contributed by atoms with van der Waals surface area (Å²) in [4.78, 5) is 10.8. The van der Waals surface area contributed by atoms with E-state index in [0.29, 0.717) is 6.42 Å². The van der Waals surface area contributed by atoms with Gasteiger partial charge in [-0.15, -0.1) is 0 Å². The van der Waals surface area contributed by atoms with E-state index in [1.165, 1.54) is 6.92 Å². The second-order valence-electron chi connectivity index (χ2n) is 2.89. The Kier molecular flexibility index (Phi) is 3.71. The predicted molar refractivity (Wildman–Crippen MR) is 43.8 cm³/mol. The van der Waals surface area contributed by atoms with E-state index >= 15 is 0 Å². The summed E-state index contributed by atoms with van der Waals surface area (Å²) in [6.45, 7) is 3.30. The van der Waals surface area contributed by atoms with Gasteiger partial charge in [-0.05, 0) is 13.3 Å². The number of hydrogen-bond acceptors (Lipinski definition) is 3. The third-order valence-electron chi connectivity index (χ3n) is 1.97. The summed E-state index contributed by atoms with van der Waals surface area (Å²) in [6, 6.07) is 1.82. The van der Waals surface area contributed by atoms with Crippen LogP contribution in [0.4, 0.5) is 0 Å². The maximum atomic E-state index is 10.8. The van der Waals surface area contributed by atoms with Gasteiger partial charge in [-0.3, -0.25) is 4.79 Å². The minimum Gasteiger partial charge on any atom is -0.379 e. The van der Waals surface area contributed by atoms with Crippen molar-refractivity contribution in [3.05, 3.63) is 0 Å². The average molecular weight is 170 g/mol. The molecule has 0 aliphatic heterocycles. The first-order chi connectivity index (χ1) is 5.49. The van der Waals surface area contributed by atoms with Gasteiger partial charge in [0.15, 0.2) is 5.60 Å². The quantitative estimate of drug-likeness (QED) is 0.630. The lowest BCUT2D eigenvalue weighted by molar-refractivity contribution is -0.140. The summed E-state index contributed by atoms with van der Waals surface area (Å²) >= 11 is 0. The number of carbonyl (C=O) groups is 1. The second-order valence-corrected chi connectivity index (χ2v) is 2.89. The number of carbonyl (C=O) groups excluding carboxylic acids is 1. The lowest BCUT2D eigenvalue weighted by Crippen LogP contribution is -2.48. The number of primary amides is 1. The molecule has 0 radical (unpaired) electrons. The van der Waals surface area contributed by atoms with Gasteiger partial charge < -0.3 is 10.8 Å². The molecule has 2 atom stereocenters. The maximum absolute atomic E-state index is 10.8. The van der Waals surface area contributed by atoms with E-state index in [1.54, 1.807) is 0 Å². The summed E-state index contributed by atoms with van der Waals surface area (Å²) < 4.78 is 0. The SMILES string of the molecule is CCC[C@](O)(C(N)=O)C(C)C#N. The fourth-order valence-electron chi connectivity index (χ4n) is 1.04. The molecule has 1 amide bonds. The minimum atomic E-state index is -1.66. The Balaban J connectivity index is 4.63. The number of aliphatic hydroxyl groups is 1. The van der Waals surface area contributed by atoms with Gasteiger partial charge in [0.25, 0.3) is 5.91 Å². The smallest absolute Gasteiger partial charge is 0.250 e. The number of hydrogen-bond donors (Lipinski definition) is 2. The Morgan fingerprint density at radius 3 is 2.58 bits per heavy atom. The van der Waals surface area contributed by atoms with Crippen molar-refractivity contribution < 1.29 is 9.90 Å². The zero-order valence-corrected chi connectivity index (χ0v) is 7.37. The molecular weight excluding hydrogens is 156 g/mol. The minimum absolute atomic E-state index is 0.233. The summed E-state index contributed by atoms with van der Waals surface area (Å²) in [5, 5.41) is 18.2. The molecule has 1 unspecified atom stereocenters. The van der Waals surface area contributed by atoms with Gasteiger partial charge in [0.1, 0.15) is 0 Å². The highest BCUT2D eigenvalue weighted by Gasteiger charge is 2.39. The summed E-state index contributed by atoms with van der Waals surface area (Å²) in [5.74, 6) is -1.58. The molecule has 3 N–H and O–H groups in total. The zero-order chi connectivity index (χ0) is 9.78.